The molecule has 2 aromatic heterocycles. The number of hydrogen-bond acceptors (Lipinski definition) is 3. The van der Waals surface area contributed by atoms with Gasteiger partial charge in [0.25, 0.3) is 0 Å². The highest BCUT2D eigenvalue weighted by molar-refractivity contribution is 6.31. The molecule has 0 saturated heterocycles. The van der Waals surface area contributed by atoms with Crippen molar-refractivity contribution in [3.8, 4) is 0 Å². The van der Waals surface area contributed by atoms with E-state index in [1.807, 2.05) is 21.0 Å². The molecule has 6 heteroatoms. The molecule has 0 radical (unpaired) electrons. The highest BCUT2D eigenvalue weighted by Gasteiger charge is 2.25. The fourth-order valence-electron chi connectivity index (χ4n) is 2.62. The molecule has 3 rings (SSSR count). The Kier molecular flexibility index (Phi) is 3.47. The maximum absolute atomic E-state index is 13.4. The molecule has 0 bridgehead atoms. The minimum atomic E-state index is -0.280. The molecule has 0 saturated carbocycles. The zero-order valence-corrected chi connectivity index (χ0v) is 12.7. The van der Waals surface area contributed by atoms with E-state index in [4.69, 9.17) is 16.0 Å². The van der Waals surface area contributed by atoms with Crippen molar-refractivity contribution in [3.63, 3.8) is 0 Å². The lowest BCUT2D eigenvalue weighted by atomic mass is 10.1. The van der Waals surface area contributed by atoms with Gasteiger partial charge in [0.05, 0.1) is 16.9 Å². The van der Waals surface area contributed by atoms with Crippen LogP contribution in [0, 0.1) is 12.7 Å². The SMILES string of the molecule is CNC(c1oc2ccc(F)cc2c1C)c1c(Cl)cnn1C. The molecule has 1 atom stereocenters. The van der Waals surface area contributed by atoms with Crippen LogP contribution in [0.15, 0.2) is 28.8 Å². The summed E-state index contributed by atoms with van der Waals surface area (Å²) in [5.74, 6) is 0.432. The van der Waals surface area contributed by atoms with Gasteiger partial charge in [-0.3, -0.25) is 4.68 Å². The fraction of sp³-hybridized carbons (Fsp3) is 0.267. The number of halogens is 2. The van der Waals surface area contributed by atoms with E-state index in [2.05, 4.69) is 10.4 Å². The predicted octanol–water partition coefficient (Wildman–Crippen LogP) is 3.58. The average Bonchev–Trinajstić information content (AvgIpc) is 2.95. The second kappa shape index (κ2) is 5.16. The fourth-order valence-corrected chi connectivity index (χ4v) is 2.90. The van der Waals surface area contributed by atoms with Gasteiger partial charge in [-0.1, -0.05) is 11.6 Å². The third-order valence-electron chi connectivity index (χ3n) is 3.70. The van der Waals surface area contributed by atoms with Crippen LogP contribution in [0.25, 0.3) is 11.0 Å². The zero-order chi connectivity index (χ0) is 15.1. The summed E-state index contributed by atoms with van der Waals surface area (Å²) in [4.78, 5) is 0. The third-order valence-corrected chi connectivity index (χ3v) is 3.99. The number of nitrogens with zero attached hydrogens (tertiary/aromatic N) is 2. The second-order valence-corrected chi connectivity index (χ2v) is 5.36. The monoisotopic (exact) mass is 307 g/mol. The summed E-state index contributed by atoms with van der Waals surface area (Å²) < 4.78 is 21.0. The molecule has 3 aromatic rings. The molecule has 0 aliphatic heterocycles. The summed E-state index contributed by atoms with van der Waals surface area (Å²) in [6, 6.07) is 4.26. The quantitative estimate of drug-likeness (QED) is 0.804. The van der Waals surface area contributed by atoms with Crippen LogP contribution in [0.1, 0.15) is 23.1 Å². The minimum Gasteiger partial charge on any atom is -0.459 e. The van der Waals surface area contributed by atoms with Crippen molar-refractivity contribution >= 4 is 22.6 Å². The van der Waals surface area contributed by atoms with Crippen molar-refractivity contribution in [1.29, 1.82) is 0 Å². The van der Waals surface area contributed by atoms with Crippen LogP contribution in [0.4, 0.5) is 4.39 Å². The van der Waals surface area contributed by atoms with Gasteiger partial charge in [0.15, 0.2) is 0 Å². The Bertz CT molecular complexity index is 789. The molecule has 0 spiro atoms. The smallest absolute Gasteiger partial charge is 0.134 e. The maximum atomic E-state index is 13.4. The Hall–Kier alpha value is -1.85. The Morgan fingerprint density at radius 3 is 2.81 bits per heavy atom. The number of furan rings is 1. The number of benzene rings is 1. The summed E-state index contributed by atoms with van der Waals surface area (Å²) in [7, 11) is 3.64. The molecule has 1 unspecified atom stereocenters. The summed E-state index contributed by atoms with van der Waals surface area (Å²) in [5.41, 5.74) is 2.35. The first-order chi connectivity index (χ1) is 10.0. The van der Waals surface area contributed by atoms with Crippen LogP contribution in [0.5, 0.6) is 0 Å². The normalized spacial score (nSPS) is 13.0. The predicted molar refractivity (Wildman–Crippen MR) is 80.0 cm³/mol. The van der Waals surface area contributed by atoms with E-state index >= 15 is 0 Å². The molecule has 1 aromatic carbocycles. The van der Waals surface area contributed by atoms with Crippen molar-refractivity contribution in [2.45, 2.75) is 13.0 Å². The molecule has 21 heavy (non-hydrogen) atoms. The number of aryl methyl sites for hydroxylation is 2. The lowest BCUT2D eigenvalue weighted by Gasteiger charge is -2.15. The average molecular weight is 308 g/mol. The van der Waals surface area contributed by atoms with Crippen molar-refractivity contribution in [1.82, 2.24) is 15.1 Å². The van der Waals surface area contributed by atoms with E-state index in [0.717, 1.165) is 16.6 Å². The Balaban J connectivity index is 2.20. The molecule has 2 heterocycles. The van der Waals surface area contributed by atoms with E-state index in [9.17, 15) is 4.39 Å². The maximum Gasteiger partial charge on any atom is 0.134 e. The van der Waals surface area contributed by atoms with Gasteiger partial charge in [-0.05, 0) is 32.2 Å². The van der Waals surface area contributed by atoms with E-state index in [1.165, 1.54) is 12.1 Å². The minimum absolute atomic E-state index is 0.250. The molecular weight excluding hydrogens is 293 g/mol. The standard InChI is InChI=1S/C15H15ClFN3O/c1-8-10-6-9(17)4-5-12(10)21-15(8)13(18-2)14-11(16)7-19-20(14)3/h4-7,13,18H,1-3H3. The van der Waals surface area contributed by atoms with Crippen LogP contribution >= 0.6 is 11.6 Å². The van der Waals surface area contributed by atoms with Crippen LogP contribution < -0.4 is 5.32 Å². The summed E-state index contributed by atoms with van der Waals surface area (Å²) in [5, 5.41) is 8.66. The van der Waals surface area contributed by atoms with Gasteiger partial charge in [-0.15, -0.1) is 0 Å². The first-order valence-corrected chi connectivity index (χ1v) is 6.94. The van der Waals surface area contributed by atoms with E-state index in [1.54, 1.807) is 16.9 Å². The lowest BCUT2D eigenvalue weighted by molar-refractivity contribution is 0.470. The van der Waals surface area contributed by atoms with Crippen LogP contribution in [0.3, 0.4) is 0 Å². The van der Waals surface area contributed by atoms with Crippen molar-refractivity contribution in [2.24, 2.45) is 7.05 Å². The molecule has 0 aliphatic carbocycles. The summed E-state index contributed by atoms with van der Waals surface area (Å²) >= 11 is 6.22. The van der Waals surface area contributed by atoms with Crippen molar-refractivity contribution < 1.29 is 8.81 Å². The van der Waals surface area contributed by atoms with E-state index < -0.39 is 0 Å². The molecule has 110 valence electrons. The zero-order valence-electron chi connectivity index (χ0n) is 11.9. The van der Waals surface area contributed by atoms with Gasteiger partial charge in [-0.2, -0.15) is 5.10 Å². The van der Waals surface area contributed by atoms with Gasteiger partial charge >= 0.3 is 0 Å². The highest BCUT2D eigenvalue weighted by atomic mass is 35.5. The van der Waals surface area contributed by atoms with Crippen molar-refractivity contribution in [2.75, 3.05) is 7.05 Å². The number of nitrogens with one attached hydrogen (secondary N) is 1. The first-order valence-electron chi connectivity index (χ1n) is 6.56. The Morgan fingerprint density at radius 2 is 2.19 bits per heavy atom. The molecule has 0 aliphatic rings. The first kappa shape index (κ1) is 14.1. The van der Waals surface area contributed by atoms with Gasteiger partial charge < -0.3 is 9.73 Å². The molecule has 0 fully saturated rings. The van der Waals surface area contributed by atoms with Crippen LogP contribution in [0.2, 0.25) is 5.02 Å². The summed E-state index contributed by atoms with van der Waals surface area (Å²) in [6.45, 7) is 1.91. The molecule has 0 amide bonds. The van der Waals surface area contributed by atoms with Gasteiger partial charge in [-0.25, -0.2) is 4.39 Å². The number of rotatable bonds is 3. The number of fused-ring (bicyclic) bond motifs is 1. The van der Waals surface area contributed by atoms with Gasteiger partial charge in [0, 0.05) is 18.0 Å². The Labute approximate surface area is 126 Å². The third kappa shape index (κ3) is 2.22. The van der Waals surface area contributed by atoms with E-state index in [0.29, 0.717) is 16.4 Å². The highest BCUT2D eigenvalue weighted by Crippen LogP contribution is 2.35. The van der Waals surface area contributed by atoms with Crippen LogP contribution in [-0.2, 0) is 7.05 Å². The molecule has 1 N–H and O–H groups in total. The topological polar surface area (TPSA) is 43.0 Å². The van der Waals surface area contributed by atoms with Gasteiger partial charge in [0.1, 0.15) is 23.2 Å². The van der Waals surface area contributed by atoms with Crippen LogP contribution in [-0.4, -0.2) is 16.8 Å². The second-order valence-electron chi connectivity index (χ2n) is 4.95. The van der Waals surface area contributed by atoms with Gasteiger partial charge in [0.2, 0.25) is 0 Å². The summed E-state index contributed by atoms with van der Waals surface area (Å²) in [6.07, 6.45) is 1.60. The van der Waals surface area contributed by atoms with E-state index in [-0.39, 0.29) is 11.9 Å². The van der Waals surface area contributed by atoms with Crippen molar-refractivity contribution in [3.05, 3.63) is 52.3 Å². The number of hydrogen-bond donors (Lipinski definition) is 1. The largest absolute Gasteiger partial charge is 0.459 e. The number of aromatic nitrogens is 2. The lowest BCUT2D eigenvalue weighted by Crippen LogP contribution is -2.21. The molecule has 4 nitrogen and oxygen atoms in total. The molecular formula is C15H15ClFN3O. The Morgan fingerprint density at radius 1 is 1.43 bits per heavy atom.